The minimum Gasteiger partial charge on any atom is -0.326 e. The molecule has 0 radical (unpaired) electrons. The first kappa shape index (κ1) is 21.3. The molecule has 2 heterocycles. The van der Waals surface area contributed by atoms with Crippen LogP contribution in [0.4, 0.5) is 5.69 Å². The first-order valence-electron chi connectivity index (χ1n) is 12.4. The smallest absolute Gasteiger partial charge is 0.233 e. The second-order valence-corrected chi connectivity index (χ2v) is 10.3. The largest absolute Gasteiger partial charge is 0.326 e. The van der Waals surface area contributed by atoms with E-state index >= 15 is 0 Å². The molecular formula is C28H29N3O3. The summed E-state index contributed by atoms with van der Waals surface area (Å²) < 4.78 is 0. The molecule has 4 atom stereocenters. The third-order valence-electron chi connectivity index (χ3n) is 8.32. The van der Waals surface area contributed by atoms with Gasteiger partial charge in [-0.15, -0.1) is 0 Å². The third kappa shape index (κ3) is 3.65. The number of hydrogen-bond acceptors (Lipinski definition) is 4. The molecule has 174 valence electrons. The molecular weight excluding hydrogens is 426 g/mol. The van der Waals surface area contributed by atoms with Crippen molar-refractivity contribution in [1.29, 1.82) is 0 Å². The summed E-state index contributed by atoms with van der Waals surface area (Å²) in [5.41, 5.74) is 3.18. The Hall–Kier alpha value is -3.28. The van der Waals surface area contributed by atoms with Gasteiger partial charge in [-0.25, -0.2) is 0 Å². The fraction of sp³-hybridized carbons (Fsp3) is 0.429. The zero-order chi connectivity index (χ0) is 23.2. The lowest BCUT2D eigenvalue weighted by atomic mass is 9.84. The van der Waals surface area contributed by atoms with Crippen molar-refractivity contribution in [3.05, 3.63) is 72.1 Å². The highest BCUT2D eigenvalue weighted by Gasteiger charge is 2.60. The Morgan fingerprint density at radius 2 is 1.44 bits per heavy atom. The maximum Gasteiger partial charge on any atom is 0.233 e. The predicted octanol–water partition coefficient (Wildman–Crippen LogP) is 3.98. The molecule has 1 aliphatic heterocycles. The number of imide groups is 1. The molecule has 34 heavy (non-hydrogen) atoms. The zero-order valence-electron chi connectivity index (χ0n) is 19.1. The Morgan fingerprint density at radius 1 is 0.853 bits per heavy atom. The van der Waals surface area contributed by atoms with Crippen molar-refractivity contribution in [2.45, 2.75) is 44.6 Å². The molecule has 6 heteroatoms. The van der Waals surface area contributed by atoms with Crippen LogP contribution in [0.1, 0.15) is 43.2 Å². The van der Waals surface area contributed by atoms with E-state index < -0.39 is 0 Å². The Bertz CT molecular complexity index is 1110. The van der Waals surface area contributed by atoms with Gasteiger partial charge in [0.25, 0.3) is 0 Å². The van der Waals surface area contributed by atoms with Gasteiger partial charge in [0.2, 0.25) is 17.7 Å². The highest BCUT2D eigenvalue weighted by Crippen LogP contribution is 2.53. The van der Waals surface area contributed by atoms with Crippen LogP contribution in [-0.4, -0.2) is 33.6 Å². The van der Waals surface area contributed by atoms with Crippen LogP contribution in [0.15, 0.2) is 60.9 Å². The van der Waals surface area contributed by atoms with Crippen LogP contribution >= 0.6 is 0 Å². The van der Waals surface area contributed by atoms with Gasteiger partial charge in [-0.2, -0.15) is 0 Å². The quantitative estimate of drug-likeness (QED) is 0.546. The second kappa shape index (κ2) is 8.49. The standard InChI is InChI=1S/C28H29N3O3/c32-26(30-22-7-1-17(2-8-22)15-18-11-13-29-14-12-18)19-5-9-23(10-6-19)31-27(33)24-20-3-4-21(16-20)25(24)28(31)34/h1-4,7-8,11-14,19-21,23-25H,5-6,9-10,15-16H2,(H,30,32)/t19?,20-,21+,23?,24-,25-/m0/s1. The van der Waals surface area contributed by atoms with E-state index in [1.165, 1.54) is 11.1 Å². The SMILES string of the molecule is O=C(Nc1ccc(Cc2ccncc2)cc1)C1CCC(N2C(=O)[C@@H]3[C@@H](C2=O)[C@H]2C=C[C@@H]3C2)CC1. The summed E-state index contributed by atoms with van der Waals surface area (Å²) in [6.07, 6.45) is 12.5. The molecule has 1 aromatic carbocycles. The summed E-state index contributed by atoms with van der Waals surface area (Å²) in [6.45, 7) is 0. The van der Waals surface area contributed by atoms with E-state index in [4.69, 9.17) is 0 Å². The highest BCUT2D eigenvalue weighted by molar-refractivity contribution is 6.06. The van der Waals surface area contributed by atoms with Gasteiger partial charge in [0.15, 0.2) is 0 Å². The Balaban J connectivity index is 1.03. The van der Waals surface area contributed by atoms with Crippen molar-refractivity contribution in [2.75, 3.05) is 5.32 Å². The molecule has 3 fully saturated rings. The molecule has 1 aromatic heterocycles. The van der Waals surface area contributed by atoms with E-state index in [0.717, 1.165) is 18.5 Å². The first-order valence-corrected chi connectivity index (χ1v) is 12.4. The Labute approximate surface area is 199 Å². The van der Waals surface area contributed by atoms with Gasteiger partial charge in [-0.1, -0.05) is 24.3 Å². The molecule has 1 saturated heterocycles. The van der Waals surface area contributed by atoms with Crippen molar-refractivity contribution < 1.29 is 14.4 Å². The van der Waals surface area contributed by atoms with Crippen molar-refractivity contribution in [1.82, 2.24) is 9.88 Å². The van der Waals surface area contributed by atoms with Crippen LogP contribution in [-0.2, 0) is 20.8 Å². The van der Waals surface area contributed by atoms with E-state index in [0.29, 0.717) is 25.7 Å². The summed E-state index contributed by atoms with van der Waals surface area (Å²) >= 11 is 0. The summed E-state index contributed by atoms with van der Waals surface area (Å²) in [5, 5.41) is 3.05. The number of benzene rings is 1. The maximum absolute atomic E-state index is 13.1. The number of carbonyl (C=O) groups is 3. The van der Waals surface area contributed by atoms with Gasteiger partial charge in [0, 0.05) is 30.0 Å². The number of rotatable bonds is 5. The zero-order valence-corrected chi connectivity index (χ0v) is 19.1. The number of anilines is 1. The molecule has 2 aromatic rings. The molecule has 6 rings (SSSR count). The number of amides is 3. The van der Waals surface area contributed by atoms with E-state index in [2.05, 4.69) is 22.5 Å². The lowest BCUT2D eigenvalue weighted by Gasteiger charge is -2.33. The number of hydrogen-bond donors (Lipinski definition) is 1. The minimum absolute atomic E-state index is 0.0264. The minimum atomic E-state index is -0.134. The van der Waals surface area contributed by atoms with Gasteiger partial charge in [-0.3, -0.25) is 24.3 Å². The molecule has 4 aliphatic rings. The van der Waals surface area contributed by atoms with Crippen molar-refractivity contribution in [2.24, 2.45) is 29.6 Å². The van der Waals surface area contributed by atoms with Gasteiger partial charge in [-0.05, 0) is 85.8 Å². The van der Waals surface area contributed by atoms with Crippen LogP contribution in [0.25, 0.3) is 0 Å². The number of nitrogens with one attached hydrogen (secondary N) is 1. The number of fused-ring (bicyclic) bond motifs is 5. The lowest BCUT2D eigenvalue weighted by Crippen LogP contribution is -2.44. The Kier molecular flexibility index (Phi) is 5.31. The second-order valence-electron chi connectivity index (χ2n) is 10.3. The van der Waals surface area contributed by atoms with E-state index in [1.807, 2.05) is 36.4 Å². The first-order chi connectivity index (χ1) is 16.6. The van der Waals surface area contributed by atoms with E-state index in [1.54, 1.807) is 17.3 Å². The van der Waals surface area contributed by atoms with E-state index in [-0.39, 0.29) is 53.4 Å². The molecule has 0 unspecified atom stereocenters. The van der Waals surface area contributed by atoms with E-state index in [9.17, 15) is 14.4 Å². The average molecular weight is 456 g/mol. The fourth-order valence-electron chi connectivity index (χ4n) is 6.57. The number of allylic oxidation sites excluding steroid dienone is 2. The molecule has 2 bridgehead atoms. The number of likely N-dealkylation sites (tertiary alicyclic amines) is 1. The molecule has 3 aliphatic carbocycles. The fourth-order valence-corrected chi connectivity index (χ4v) is 6.57. The molecule has 0 spiro atoms. The normalized spacial score (nSPS) is 31.7. The maximum atomic E-state index is 13.1. The van der Waals surface area contributed by atoms with Crippen molar-refractivity contribution in [3.63, 3.8) is 0 Å². The topological polar surface area (TPSA) is 79.4 Å². The van der Waals surface area contributed by atoms with Crippen LogP contribution in [0.5, 0.6) is 0 Å². The molecule has 2 saturated carbocycles. The van der Waals surface area contributed by atoms with Crippen LogP contribution in [0, 0.1) is 29.6 Å². The summed E-state index contributed by atoms with van der Waals surface area (Å²) in [7, 11) is 0. The van der Waals surface area contributed by atoms with Gasteiger partial charge in [0.05, 0.1) is 11.8 Å². The summed E-state index contributed by atoms with van der Waals surface area (Å²) in [4.78, 5) is 44.7. The molecule has 1 N–H and O–H groups in total. The number of aromatic nitrogens is 1. The van der Waals surface area contributed by atoms with Crippen molar-refractivity contribution >= 4 is 23.4 Å². The monoisotopic (exact) mass is 455 g/mol. The van der Waals surface area contributed by atoms with Crippen molar-refractivity contribution in [3.8, 4) is 0 Å². The number of carbonyl (C=O) groups excluding carboxylic acids is 3. The summed E-state index contributed by atoms with van der Waals surface area (Å²) in [5.74, 6) is 0.231. The third-order valence-corrected chi connectivity index (χ3v) is 8.32. The van der Waals surface area contributed by atoms with Crippen LogP contribution in [0.3, 0.4) is 0 Å². The van der Waals surface area contributed by atoms with Gasteiger partial charge >= 0.3 is 0 Å². The lowest BCUT2D eigenvalue weighted by molar-refractivity contribution is -0.144. The molecule has 6 nitrogen and oxygen atoms in total. The summed E-state index contributed by atoms with van der Waals surface area (Å²) in [6, 6.07) is 11.9. The molecule has 3 amide bonds. The van der Waals surface area contributed by atoms with Crippen LogP contribution in [0.2, 0.25) is 0 Å². The van der Waals surface area contributed by atoms with Crippen LogP contribution < -0.4 is 5.32 Å². The Morgan fingerprint density at radius 3 is 2.06 bits per heavy atom. The highest BCUT2D eigenvalue weighted by atomic mass is 16.2. The van der Waals surface area contributed by atoms with Gasteiger partial charge < -0.3 is 5.32 Å². The average Bonchev–Trinajstić information content (AvgIpc) is 3.55. The predicted molar refractivity (Wildman–Crippen MR) is 127 cm³/mol. The van der Waals surface area contributed by atoms with Gasteiger partial charge in [0.1, 0.15) is 0 Å². The number of nitrogens with zero attached hydrogens (tertiary/aromatic N) is 2. The number of pyridine rings is 1.